The summed E-state index contributed by atoms with van der Waals surface area (Å²) in [7, 11) is 0. The number of hydrogen-bond donors (Lipinski definition) is 0. The van der Waals surface area contributed by atoms with Crippen LogP contribution in [0.1, 0.15) is 31.8 Å². The van der Waals surface area contributed by atoms with Gasteiger partial charge < -0.3 is 4.74 Å². The molecule has 1 aliphatic rings. The normalized spacial score (nSPS) is 12.5. The number of carbonyl (C=O) groups excluding carboxylic acids is 2. The summed E-state index contributed by atoms with van der Waals surface area (Å²) < 4.78 is 4.64. The summed E-state index contributed by atoms with van der Waals surface area (Å²) in [5.41, 5.74) is 1.89. The van der Waals surface area contributed by atoms with Crippen molar-refractivity contribution < 1.29 is 14.3 Å². The number of carbonyl (C=O) groups is 2. The highest BCUT2D eigenvalue weighted by atomic mass is 16.6. The molecule has 4 rings (SSSR count). The average Bonchev–Trinajstić information content (AvgIpc) is 2.88. The Hall–Kier alpha value is -3.38. The zero-order valence-corrected chi connectivity index (χ0v) is 12.0. The summed E-state index contributed by atoms with van der Waals surface area (Å²) in [6.07, 6.45) is 0. The molecular weight excluding hydrogens is 288 g/mol. The first-order valence-electron chi connectivity index (χ1n) is 7.13. The van der Waals surface area contributed by atoms with Crippen molar-refractivity contribution in [1.82, 2.24) is 0 Å². The minimum absolute atomic E-state index is 0.255. The molecule has 3 aromatic rings. The lowest BCUT2D eigenvalue weighted by Gasteiger charge is -1.98. The van der Waals surface area contributed by atoms with Gasteiger partial charge in [-0.25, -0.2) is 9.59 Å². The van der Waals surface area contributed by atoms with Gasteiger partial charge in [-0.1, -0.05) is 48.2 Å². The largest absolute Gasteiger partial charge is 0.386 e. The summed E-state index contributed by atoms with van der Waals surface area (Å²) in [5, 5.41) is 2.25. The molecule has 0 fully saturated rings. The highest BCUT2D eigenvalue weighted by molar-refractivity contribution is 6.15. The van der Waals surface area contributed by atoms with Crippen molar-refractivity contribution in [3.05, 3.63) is 82.9 Å². The summed E-state index contributed by atoms with van der Waals surface area (Å²) in [4.78, 5) is 23.3. The van der Waals surface area contributed by atoms with Crippen molar-refractivity contribution in [2.24, 2.45) is 0 Å². The Balaban J connectivity index is 1.79. The Labute approximate surface area is 132 Å². The van der Waals surface area contributed by atoms with Gasteiger partial charge in [0.25, 0.3) is 0 Å². The molecule has 3 nitrogen and oxygen atoms in total. The second kappa shape index (κ2) is 5.11. The molecule has 3 heteroatoms. The van der Waals surface area contributed by atoms with Gasteiger partial charge in [-0.15, -0.1) is 0 Å². The molecule has 108 valence electrons. The molecule has 0 N–H and O–H groups in total. The van der Waals surface area contributed by atoms with E-state index >= 15 is 0 Å². The third-order valence-corrected chi connectivity index (χ3v) is 3.76. The molecule has 23 heavy (non-hydrogen) atoms. The molecule has 0 atom stereocenters. The second-order valence-corrected chi connectivity index (χ2v) is 5.22. The fraction of sp³-hybridized carbons (Fsp3) is 0. The van der Waals surface area contributed by atoms with E-state index in [0.717, 1.165) is 16.3 Å². The standard InChI is InChI=1S/C20H10O3/c21-19-17-7-3-6-15(18(17)20(22)23-19)11-9-13-8-10-14-4-1-2-5-16(14)12-13/h1-8,10,12H. The monoisotopic (exact) mass is 298 g/mol. The van der Waals surface area contributed by atoms with E-state index in [1.807, 2.05) is 42.5 Å². The molecule has 0 aliphatic carbocycles. The van der Waals surface area contributed by atoms with Crippen LogP contribution in [0.2, 0.25) is 0 Å². The highest BCUT2D eigenvalue weighted by Crippen LogP contribution is 2.23. The predicted molar refractivity (Wildman–Crippen MR) is 86.1 cm³/mol. The third-order valence-electron chi connectivity index (χ3n) is 3.76. The van der Waals surface area contributed by atoms with Gasteiger partial charge >= 0.3 is 11.9 Å². The van der Waals surface area contributed by atoms with E-state index in [2.05, 4.69) is 16.6 Å². The van der Waals surface area contributed by atoms with Gasteiger partial charge in [0.2, 0.25) is 0 Å². The van der Waals surface area contributed by atoms with Crippen molar-refractivity contribution >= 4 is 22.7 Å². The van der Waals surface area contributed by atoms with Gasteiger partial charge in [-0.3, -0.25) is 0 Å². The third kappa shape index (κ3) is 2.27. The van der Waals surface area contributed by atoms with E-state index in [1.54, 1.807) is 18.2 Å². The van der Waals surface area contributed by atoms with Crippen LogP contribution in [0, 0.1) is 11.8 Å². The molecule has 0 bridgehead atoms. The van der Waals surface area contributed by atoms with Gasteiger partial charge in [0.15, 0.2) is 0 Å². The van der Waals surface area contributed by atoms with Crippen LogP contribution in [0.4, 0.5) is 0 Å². The van der Waals surface area contributed by atoms with Crippen LogP contribution in [0.3, 0.4) is 0 Å². The van der Waals surface area contributed by atoms with E-state index in [-0.39, 0.29) is 11.1 Å². The minimum atomic E-state index is -0.631. The van der Waals surface area contributed by atoms with Gasteiger partial charge in [0.05, 0.1) is 11.1 Å². The fourth-order valence-electron chi connectivity index (χ4n) is 2.64. The number of hydrogen-bond acceptors (Lipinski definition) is 3. The van der Waals surface area contributed by atoms with Crippen molar-refractivity contribution in [2.45, 2.75) is 0 Å². The molecule has 0 radical (unpaired) electrons. The molecule has 0 saturated carbocycles. The molecule has 0 spiro atoms. The van der Waals surface area contributed by atoms with E-state index < -0.39 is 11.9 Å². The Morgan fingerprint density at radius 1 is 0.739 bits per heavy atom. The number of fused-ring (bicyclic) bond motifs is 2. The number of rotatable bonds is 0. The van der Waals surface area contributed by atoms with Crippen LogP contribution in [0.25, 0.3) is 10.8 Å². The Morgan fingerprint density at radius 3 is 2.43 bits per heavy atom. The van der Waals surface area contributed by atoms with Crippen molar-refractivity contribution in [1.29, 1.82) is 0 Å². The summed E-state index contributed by atoms with van der Waals surface area (Å²) >= 11 is 0. The van der Waals surface area contributed by atoms with Crippen LogP contribution in [-0.4, -0.2) is 11.9 Å². The maximum absolute atomic E-state index is 11.8. The van der Waals surface area contributed by atoms with Gasteiger partial charge in [0.1, 0.15) is 0 Å². The number of ether oxygens (including phenoxy) is 1. The zero-order chi connectivity index (χ0) is 15.8. The second-order valence-electron chi connectivity index (χ2n) is 5.22. The van der Waals surface area contributed by atoms with Crippen LogP contribution in [-0.2, 0) is 4.74 Å². The van der Waals surface area contributed by atoms with Crippen LogP contribution < -0.4 is 0 Å². The summed E-state index contributed by atoms with van der Waals surface area (Å²) in [5.74, 6) is 4.78. The Morgan fingerprint density at radius 2 is 1.57 bits per heavy atom. The minimum Gasteiger partial charge on any atom is -0.386 e. The van der Waals surface area contributed by atoms with Crippen LogP contribution in [0.15, 0.2) is 60.7 Å². The van der Waals surface area contributed by atoms with Gasteiger partial charge in [-0.2, -0.15) is 0 Å². The molecule has 0 saturated heterocycles. The topological polar surface area (TPSA) is 43.4 Å². The summed E-state index contributed by atoms with van der Waals surface area (Å²) in [6.45, 7) is 0. The number of cyclic esters (lactones) is 2. The molecule has 0 unspecified atom stereocenters. The molecule has 1 heterocycles. The van der Waals surface area contributed by atoms with E-state index in [1.165, 1.54) is 0 Å². The molecule has 3 aromatic carbocycles. The van der Waals surface area contributed by atoms with Crippen molar-refractivity contribution in [2.75, 3.05) is 0 Å². The van der Waals surface area contributed by atoms with Gasteiger partial charge in [0, 0.05) is 11.1 Å². The molecule has 0 aromatic heterocycles. The smallest absolute Gasteiger partial charge is 0.348 e. The first-order chi connectivity index (χ1) is 11.2. The Kier molecular flexibility index (Phi) is 2.96. The molecule has 0 amide bonds. The first kappa shape index (κ1) is 13.3. The number of benzene rings is 3. The van der Waals surface area contributed by atoms with Crippen molar-refractivity contribution in [3.63, 3.8) is 0 Å². The molecule has 1 aliphatic heterocycles. The lowest BCUT2D eigenvalue weighted by atomic mass is 10.0. The maximum Gasteiger partial charge on any atom is 0.348 e. The lowest BCUT2D eigenvalue weighted by Crippen LogP contribution is -1.98. The highest BCUT2D eigenvalue weighted by Gasteiger charge is 2.31. The van der Waals surface area contributed by atoms with Gasteiger partial charge in [-0.05, 0) is 35.0 Å². The van der Waals surface area contributed by atoms with Crippen LogP contribution in [0.5, 0.6) is 0 Å². The van der Waals surface area contributed by atoms with E-state index in [9.17, 15) is 9.59 Å². The zero-order valence-electron chi connectivity index (χ0n) is 12.0. The van der Waals surface area contributed by atoms with E-state index in [4.69, 9.17) is 0 Å². The summed E-state index contributed by atoms with van der Waals surface area (Å²) in [6, 6.07) is 19.0. The quantitative estimate of drug-likeness (QED) is 0.362. The predicted octanol–water partition coefficient (Wildman–Crippen LogP) is 3.55. The Bertz CT molecular complexity index is 1040. The fourth-order valence-corrected chi connectivity index (χ4v) is 2.64. The SMILES string of the molecule is O=C1OC(=O)c2c(C#Cc3ccc4ccccc4c3)cccc21. The lowest BCUT2D eigenvalue weighted by molar-refractivity contribution is 0.0443. The van der Waals surface area contributed by atoms with E-state index in [0.29, 0.717) is 5.56 Å². The molecular formula is C20H10O3. The average molecular weight is 298 g/mol. The van der Waals surface area contributed by atoms with Crippen LogP contribution >= 0.6 is 0 Å². The number of esters is 2. The first-order valence-corrected chi connectivity index (χ1v) is 7.13. The van der Waals surface area contributed by atoms with Crippen molar-refractivity contribution in [3.8, 4) is 11.8 Å². The maximum atomic E-state index is 11.8.